The summed E-state index contributed by atoms with van der Waals surface area (Å²) >= 11 is 0. The summed E-state index contributed by atoms with van der Waals surface area (Å²) in [6.45, 7) is 2.71. The third-order valence-electron chi connectivity index (χ3n) is 1.94. The van der Waals surface area contributed by atoms with Crippen molar-refractivity contribution in [3.05, 3.63) is 29.8 Å². The number of hydrogen-bond acceptors (Lipinski definition) is 4. The van der Waals surface area contributed by atoms with Gasteiger partial charge in [-0.15, -0.1) is 0 Å². The van der Waals surface area contributed by atoms with Crippen molar-refractivity contribution in [1.29, 1.82) is 5.26 Å². The molecule has 0 aliphatic heterocycles. The molecule has 0 spiro atoms. The Morgan fingerprint density at radius 3 is 3.06 bits per heavy atom. The van der Waals surface area contributed by atoms with E-state index < -0.39 is 0 Å². The zero-order chi connectivity index (χ0) is 11.8. The zero-order valence-corrected chi connectivity index (χ0v) is 9.19. The van der Waals surface area contributed by atoms with Gasteiger partial charge >= 0.3 is 5.97 Å². The van der Waals surface area contributed by atoms with Crippen LogP contribution in [0.2, 0.25) is 0 Å². The first-order valence-corrected chi connectivity index (χ1v) is 5.16. The van der Waals surface area contributed by atoms with E-state index in [9.17, 15) is 4.79 Å². The van der Waals surface area contributed by atoms with Gasteiger partial charge in [0.15, 0.2) is 0 Å². The van der Waals surface area contributed by atoms with Crippen LogP contribution in [-0.2, 0) is 4.74 Å². The van der Waals surface area contributed by atoms with E-state index in [-0.39, 0.29) is 5.97 Å². The molecule has 0 aliphatic rings. The standard InChI is InChI=1S/C12H14N2O2/c1-2-16-12(15)10-5-3-6-11(9-10)14-8-4-7-13/h3,5-6,9,14H,2,4,8H2,1H3. The molecule has 4 heteroatoms. The van der Waals surface area contributed by atoms with Gasteiger partial charge in [-0.2, -0.15) is 5.26 Å². The SMILES string of the molecule is CCOC(=O)c1cccc(NCCC#N)c1. The van der Waals surface area contributed by atoms with E-state index in [0.29, 0.717) is 25.1 Å². The summed E-state index contributed by atoms with van der Waals surface area (Å²) < 4.78 is 4.89. The molecular formula is C12H14N2O2. The van der Waals surface area contributed by atoms with Gasteiger partial charge < -0.3 is 10.1 Å². The van der Waals surface area contributed by atoms with Gasteiger partial charge in [0.25, 0.3) is 0 Å². The first kappa shape index (κ1) is 12.1. The lowest BCUT2D eigenvalue weighted by atomic mass is 10.2. The van der Waals surface area contributed by atoms with Crippen molar-refractivity contribution in [3.8, 4) is 6.07 Å². The molecule has 0 unspecified atom stereocenters. The van der Waals surface area contributed by atoms with Gasteiger partial charge in [-0.3, -0.25) is 0 Å². The molecule has 16 heavy (non-hydrogen) atoms. The smallest absolute Gasteiger partial charge is 0.338 e. The van der Waals surface area contributed by atoms with Crippen molar-refractivity contribution in [1.82, 2.24) is 0 Å². The number of carbonyl (C=O) groups is 1. The summed E-state index contributed by atoms with van der Waals surface area (Å²) in [5.41, 5.74) is 1.34. The lowest BCUT2D eigenvalue weighted by Gasteiger charge is -2.06. The molecule has 0 radical (unpaired) electrons. The minimum Gasteiger partial charge on any atom is -0.462 e. The highest BCUT2D eigenvalue weighted by Crippen LogP contribution is 2.11. The zero-order valence-electron chi connectivity index (χ0n) is 9.19. The van der Waals surface area contributed by atoms with E-state index in [4.69, 9.17) is 10.00 Å². The monoisotopic (exact) mass is 218 g/mol. The molecule has 84 valence electrons. The number of nitrogens with zero attached hydrogens (tertiary/aromatic N) is 1. The second-order valence-corrected chi connectivity index (χ2v) is 3.14. The fourth-order valence-corrected chi connectivity index (χ4v) is 1.23. The van der Waals surface area contributed by atoms with Gasteiger partial charge in [-0.1, -0.05) is 6.07 Å². The van der Waals surface area contributed by atoms with E-state index in [0.717, 1.165) is 5.69 Å². The van der Waals surface area contributed by atoms with Crippen LogP contribution < -0.4 is 5.32 Å². The Hall–Kier alpha value is -2.02. The molecule has 1 aromatic rings. The largest absolute Gasteiger partial charge is 0.462 e. The molecule has 0 amide bonds. The molecule has 0 bridgehead atoms. The maximum atomic E-state index is 11.4. The quantitative estimate of drug-likeness (QED) is 0.607. The second-order valence-electron chi connectivity index (χ2n) is 3.14. The van der Waals surface area contributed by atoms with Gasteiger partial charge in [-0.05, 0) is 25.1 Å². The second kappa shape index (κ2) is 6.46. The Labute approximate surface area is 94.8 Å². The van der Waals surface area contributed by atoms with Gasteiger partial charge in [-0.25, -0.2) is 4.79 Å². The molecule has 1 N–H and O–H groups in total. The molecule has 0 heterocycles. The third-order valence-corrected chi connectivity index (χ3v) is 1.94. The summed E-state index contributed by atoms with van der Waals surface area (Å²) in [6.07, 6.45) is 0.434. The van der Waals surface area contributed by atoms with E-state index in [1.54, 1.807) is 25.1 Å². The molecule has 0 fully saturated rings. The van der Waals surface area contributed by atoms with Crippen molar-refractivity contribution in [2.45, 2.75) is 13.3 Å². The first-order chi connectivity index (χ1) is 7.77. The van der Waals surface area contributed by atoms with Crippen LogP contribution in [-0.4, -0.2) is 19.1 Å². The van der Waals surface area contributed by atoms with E-state index in [1.165, 1.54) is 0 Å². The van der Waals surface area contributed by atoms with Crippen LogP contribution in [0.1, 0.15) is 23.7 Å². The van der Waals surface area contributed by atoms with Gasteiger partial charge in [0.05, 0.1) is 24.7 Å². The maximum Gasteiger partial charge on any atom is 0.338 e. The van der Waals surface area contributed by atoms with Gasteiger partial charge in [0.1, 0.15) is 0 Å². The first-order valence-electron chi connectivity index (χ1n) is 5.16. The topological polar surface area (TPSA) is 62.1 Å². The predicted molar refractivity (Wildman–Crippen MR) is 61.1 cm³/mol. The molecule has 0 aromatic heterocycles. The maximum absolute atomic E-state index is 11.4. The number of esters is 1. The number of nitriles is 1. The van der Waals surface area contributed by atoms with Gasteiger partial charge in [0, 0.05) is 12.2 Å². The van der Waals surface area contributed by atoms with Gasteiger partial charge in [0.2, 0.25) is 0 Å². The highest BCUT2D eigenvalue weighted by molar-refractivity contribution is 5.90. The number of hydrogen-bond donors (Lipinski definition) is 1. The molecular weight excluding hydrogens is 204 g/mol. The molecule has 0 aliphatic carbocycles. The fourth-order valence-electron chi connectivity index (χ4n) is 1.23. The summed E-state index contributed by atoms with van der Waals surface area (Å²) in [5, 5.41) is 11.4. The number of benzene rings is 1. The summed E-state index contributed by atoms with van der Waals surface area (Å²) in [5.74, 6) is -0.327. The molecule has 0 atom stereocenters. The van der Waals surface area contributed by atoms with Crippen LogP contribution in [0.4, 0.5) is 5.69 Å². The van der Waals surface area contributed by atoms with Crippen molar-refractivity contribution in [3.63, 3.8) is 0 Å². The number of carbonyl (C=O) groups excluding carboxylic acids is 1. The van der Waals surface area contributed by atoms with E-state index in [1.807, 2.05) is 12.1 Å². The highest BCUT2D eigenvalue weighted by atomic mass is 16.5. The lowest BCUT2D eigenvalue weighted by Crippen LogP contribution is -2.06. The van der Waals surface area contributed by atoms with Crippen LogP contribution in [0.3, 0.4) is 0 Å². The molecule has 1 aromatic carbocycles. The summed E-state index contributed by atoms with van der Waals surface area (Å²) in [6, 6.07) is 9.09. The minimum atomic E-state index is -0.327. The van der Waals surface area contributed by atoms with Crippen LogP contribution in [0, 0.1) is 11.3 Å². The van der Waals surface area contributed by atoms with Crippen LogP contribution in [0.25, 0.3) is 0 Å². The lowest BCUT2D eigenvalue weighted by molar-refractivity contribution is 0.0526. The Kier molecular flexibility index (Phi) is 4.87. The van der Waals surface area contributed by atoms with Crippen LogP contribution >= 0.6 is 0 Å². The minimum absolute atomic E-state index is 0.327. The Bertz CT molecular complexity index is 396. The van der Waals surface area contributed by atoms with Crippen molar-refractivity contribution >= 4 is 11.7 Å². The number of nitrogens with one attached hydrogen (secondary N) is 1. The van der Waals surface area contributed by atoms with E-state index in [2.05, 4.69) is 5.32 Å². The number of rotatable bonds is 5. The number of anilines is 1. The predicted octanol–water partition coefficient (Wildman–Crippen LogP) is 2.19. The average Bonchev–Trinajstić information content (AvgIpc) is 2.30. The third kappa shape index (κ3) is 3.62. The average molecular weight is 218 g/mol. The molecule has 0 saturated heterocycles. The summed E-state index contributed by atoms with van der Waals surface area (Å²) in [4.78, 5) is 11.4. The Balaban J connectivity index is 2.64. The van der Waals surface area contributed by atoms with E-state index >= 15 is 0 Å². The number of ether oxygens (including phenoxy) is 1. The highest BCUT2D eigenvalue weighted by Gasteiger charge is 2.05. The van der Waals surface area contributed by atoms with Crippen molar-refractivity contribution < 1.29 is 9.53 Å². The van der Waals surface area contributed by atoms with Crippen molar-refractivity contribution in [2.24, 2.45) is 0 Å². The summed E-state index contributed by atoms with van der Waals surface area (Å²) in [7, 11) is 0. The van der Waals surface area contributed by atoms with Crippen LogP contribution in [0.5, 0.6) is 0 Å². The molecule has 4 nitrogen and oxygen atoms in total. The Morgan fingerprint density at radius 2 is 2.38 bits per heavy atom. The Morgan fingerprint density at radius 1 is 1.56 bits per heavy atom. The van der Waals surface area contributed by atoms with Crippen LogP contribution in [0.15, 0.2) is 24.3 Å². The fraction of sp³-hybridized carbons (Fsp3) is 0.333. The normalized spacial score (nSPS) is 9.25. The molecule has 0 saturated carbocycles. The van der Waals surface area contributed by atoms with Crippen molar-refractivity contribution in [2.75, 3.05) is 18.5 Å². The molecule has 1 rings (SSSR count).